The summed E-state index contributed by atoms with van der Waals surface area (Å²) in [7, 11) is 0. The number of hydrogen-bond donors (Lipinski definition) is 1. The quantitative estimate of drug-likeness (QED) is 0.613. The Balaban J connectivity index is 1.48. The Morgan fingerprint density at radius 1 is 1.03 bits per heavy atom. The minimum absolute atomic E-state index is 0.124. The lowest BCUT2D eigenvalue weighted by atomic mass is 10.1. The second-order valence-electron chi connectivity index (χ2n) is 7.85. The molecule has 1 heterocycles. The summed E-state index contributed by atoms with van der Waals surface area (Å²) in [5, 5.41) is 2.91. The van der Waals surface area contributed by atoms with Crippen LogP contribution in [0.4, 0.5) is 11.4 Å². The number of carbonyl (C=O) groups excluding carboxylic acids is 2. The first kappa shape index (κ1) is 21.4. The Kier molecular flexibility index (Phi) is 6.12. The van der Waals surface area contributed by atoms with Crippen LogP contribution in [0.2, 0.25) is 0 Å². The molecule has 6 nitrogen and oxygen atoms in total. The van der Waals surface area contributed by atoms with Gasteiger partial charge in [0.2, 0.25) is 0 Å². The minimum atomic E-state index is -0.620. The lowest BCUT2D eigenvalue weighted by Crippen LogP contribution is -2.46. The molecule has 2 amide bonds. The van der Waals surface area contributed by atoms with Crippen LogP contribution in [0.1, 0.15) is 28.4 Å². The lowest BCUT2D eigenvalue weighted by Gasteiger charge is -2.33. The van der Waals surface area contributed by atoms with Crippen molar-refractivity contribution in [1.82, 2.24) is 0 Å². The van der Waals surface area contributed by atoms with Crippen LogP contribution in [-0.4, -0.2) is 31.1 Å². The first-order chi connectivity index (χ1) is 15.4. The van der Waals surface area contributed by atoms with E-state index in [1.165, 1.54) is 0 Å². The standard InChI is InChI=1S/C26H26N2O4/c1-17-9-10-20(15-18(17)2)25(29)27-21-11-12-23-24(16-21)32-19(3)26(30)28(23)13-14-31-22-7-5-4-6-8-22/h4-12,15-16,19H,13-14H2,1-3H3,(H,27,29). The summed E-state index contributed by atoms with van der Waals surface area (Å²) in [6.07, 6.45) is -0.620. The number of para-hydroxylation sites is 1. The van der Waals surface area contributed by atoms with Gasteiger partial charge in [0, 0.05) is 17.3 Å². The summed E-state index contributed by atoms with van der Waals surface area (Å²) in [4.78, 5) is 27.1. The molecule has 0 fully saturated rings. The number of fused-ring (bicyclic) bond motifs is 1. The number of nitrogens with one attached hydrogen (secondary N) is 1. The number of amides is 2. The first-order valence-electron chi connectivity index (χ1n) is 10.6. The molecule has 6 heteroatoms. The minimum Gasteiger partial charge on any atom is -0.492 e. The van der Waals surface area contributed by atoms with Crippen LogP contribution in [0.5, 0.6) is 11.5 Å². The van der Waals surface area contributed by atoms with Gasteiger partial charge in [-0.1, -0.05) is 24.3 Å². The molecule has 1 aliphatic heterocycles. The molecule has 1 aliphatic rings. The van der Waals surface area contributed by atoms with E-state index in [1.807, 2.05) is 62.4 Å². The third-order valence-corrected chi connectivity index (χ3v) is 5.52. The van der Waals surface area contributed by atoms with Gasteiger partial charge in [0.15, 0.2) is 6.10 Å². The smallest absolute Gasteiger partial charge is 0.267 e. The second kappa shape index (κ2) is 9.14. The van der Waals surface area contributed by atoms with Gasteiger partial charge in [0.1, 0.15) is 18.1 Å². The SMILES string of the molecule is Cc1ccc(C(=O)Nc2ccc3c(c2)OC(C)C(=O)N3CCOc2ccccc2)cc1C. The molecule has 0 bridgehead atoms. The van der Waals surface area contributed by atoms with Crippen LogP contribution < -0.4 is 19.7 Å². The van der Waals surface area contributed by atoms with Crippen LogP contribution in [0.15, 0.2) is 66.7 Å². The van der Waals surface area contributed by atoms with Crippen LogP contribution in [0.25, 0.3) is 0 Å². The van der Waals surface area contributed by atoms with E-state index in [0.29, 0.717) is 35.8 Å². The van der Waals surface area contributed by atoms with Gasteiger partial charge in [-0.2, -0.15) is 0 Å². The van der Waals surface area contributed by atoms with Crippen molar-refractivity contribution in [3.8, 4) is 11.5 Å². The van der Waals surface area contributed by atoms with Gasteiger partial charge in [-0.15, -0.1) is 0 Å². The largest absolute Gasteiger partial charge is 0.492 e. The van der Waals surface area contributed by atoms with Gasteiger partial charge in [-0.05, 0) is 68.3 Å². The van der Waals surface area contributed by atoms with E-state index in [2.05, 4.69) is 5.32 Å². The highest BCUT2D eigenvalue weighted by molar-refractivity contribution is 6.05. The van der Waals surface area contributed by atoms with E-state index in [1.54, 1.807) is 30.0 Å². The average molecular weight is 431 g/mol. The van der Waals surface area contributed by atoms with Gasteiger partial charge >= 0.3 is 0 Å². The van der Waals surface area contributed by atoms with E-state index in [0.717, 1.165) is 16.9 Å². The molecule has 0 radical (unpaired) electrons. The van der Waals surface area contributed by atoms with Crippen LogP contribution >= 0.6 is 0 Å². The monoisotopic (exact) mass is 430 g/mol. The van der Waals surface area contributed by atoms with Crippen LogP contribution in [0.3, 0.4) is 0 Å². The fourth-order valence-electron chi connectivity index (χ4n) is 3.58. The van der Waals surface area contributed by atoms with E-state index in [9.17, 15) is 9.59 Å². The van der Waals surface area contributed by atoms with Crippen LogP contribution in [0, 0.1) is 13.8 Å². The van der Waals surface area contributed by atoms with Gasteiger partial charge in [-0.25, -0.2) is 0 Å². The fraction of sp³-hybridized carbons (Fsp3) is 0.231. The van der Waals surface area contributed by atoms with Crippen molar-refractivity contribution in [2.45, 2.75) is 26.9 Å². The Morgan fingerprint density at radius 3 is 2.56 bits per heavy atom. The van der Waals surface area contributed by atoms with E-state index >= 15 is 0 Å². The number of carbonyl (C=O) groups is 2. The molecule has 1 N–H and O–H groups in total. The maximum Gasteiger partial charge on any atom is 0.267 e. The summed E-state index contributed by atoms with van der Waals surface area (Å²) in [6.45, 7) is 6.46. The summed E-state index contributed by atoms with van der Waals surface area (Å²) in [6, 6.07) is 20.4. The van der Waals surface area contributed by atoms with Crippen LogP contribution in [-0.2, 0) is 4.79 Å². The number of benzene rings is 3. The van der Waals surface area contributed by atoms with Crippen molar-refractivity contribution in [1.29, 1.82) is 0 Å². The third kappa shape index (κ3) is 4.59. The van der Waals surface area contributed by atoms with Gasteiger partial charge in [0.05, 0.1) is 12.2 Å². The van der Waals surface area contributed by atoms with Crippen molar-refractivity contribution in [3.05, 3.63) is 83.4 Å². The highest BCUT2D eigenvalue weighted by atomic mass is 16.5. The average Bonchev–Trinajstić information content (AvgIpc) is 2.79. The molecule has 0 saturated carbocycles. The molecule has 164 valence electrons. The second-order valence-corrected chi connectivity index (χ2v) is 7.85. The predicted octanol–water partition coefficient (Wildman–Crippen LogP) is 4.75. The van der Waals surface area contributed by atoms with Gasteiger partial charge in [-0.3, -0.25) is 9.59 Å². The Bertz CT molecular complexity index is 1140. The highest BCUT2D eigenvalue weighted by Gasteiger charge is 2.31. The summed E-state index contributed by atoms with van der Waals surface area (Å²) in [5.41, 5.74) is 4.06. The fourth-order valence-corrected chi connectivity index (χ4v) is 3.58. The molecule has 0 spiro atoms. The third-order valence-electron chi connectivity index (χ3n) is 5.52. The summed E-state index contributed by atoms with van der Waals surface area (Å²) >= 11 is 0. The van der Waals surface area contributed by atoms with E-state index < -0.39 is 6.10 Å². The molecule has 0 saturated heterocycles. The molecule has 3 aromatic rings. The molecule has 1 unspecified atom stereocenters. The van der Waals surface area contributed by atoms with Crippen molar-refractivity contribution in [2.75, 3.05) is 23.4 Å². The zero-order chi connectivity index (χ0) is 22.7. The number of rotatable bonds is 6. The number of nitrogens with zero attached hydrogens (tertiary/aromatic N) is 1. The van der Waals surface area contributed by atoms with E-state index in [-0.39, 0.29) is 11.8 Å². The number of hydrogen-bond acceptors (Lipinski definition) is 4. The molecule has 4 rings (SSSR count). The maximum atomic E-state index is 12.7. The Morgan fingerprint density at radius 2 is 1.81 bits per heavy atom. The van der Waals surface area contributed by atoms with Crippen molar-refractivity contribution in [3.63, 3.8) is 0 Å². The number of anilines is 2. The predicted molar refractivity (Wildman–Crippen MR) is 125 cm³/mol. The zero-order valence-electron chi connectivity index (χ0n) is 18.4. The van der Waals surface area contributed by atoms with Crippen molar-refractivity contribution >= 4 is 23.2 Å². The normalized spacial score (nSPS) is 15.0. The molecule has 0 aliphatic carbocycles. The highest BCUT2D eigenvalue weighted by Crippen LogP contribution is 2.36. The van der Waals surface area contributed by atoms with E-state index in [4.69, 9.17) is 9.47 Å². The molecular formula is C26H26N2O4. The molecular weight excluding hydrogens is 404 g/mol. The first-order valence-corrected chi connectivity index (χ1v) is 10.6. The van der Waals surface area contributed by atoms with Crippen molar-refractivity contribution < 1.29 is 19.1 Å². The molecule has 0 aromatic heterocycles. The molecule has 1 atom stereocenters. The zero-order valence-corrected chi connectivity index (χ0v) is 18.4. The Hall–Kier alpha value is -3.80. The molecule has 3 aromatic carbocycles. The summed E-state index contributed by atoms with van der Waals surface area (Å²) in [5.74, 6) is 0.989. The topological polar surface area (TPSA) is 67.9 Å². The molecule has 32 heavy (non-hydrogen) atoms. The lowest BCUT2D eigenvalue weighted by molar-refractivity contribution is -0.125. The van der Waals surface area contributed by atoms with Gasteiger partial charge in [0.25, 0.3) is 11.8 Å². The number of aryl methyl sites for hydroxylation is 2. The summed E-state index contributed by atoms with van der Waals surface area (Å²) < 4.78 is 11.6. The Labute approximate surface area is 187 Å². The maximum absolute atomic E-state index is 12.7. The number of ether oxygens (including phenoxy) is 2. The van der Waals surface area contributed by atoms with Gasteiger partial charge < -0.3 is 19.7 Å². The van der Waals surface area contributed by atoms with Crippen molar-refractivity contribution in [2.24, 2.45) is 0 Å².